The summed E-state index contributed by atoms with van der Waals surface area (Å²) >= 11 is 0. The fraction of sp³-hybridized carbons (Fsp3) is 0.905. The van der Waals surface area contributed by atoms with Crippen LogP contribution in [-0.2, 0) is 23.4 Å². The monoisotopic (exact) mass is 436 g/mol. The highest BCUT2D eigenvalue weighted by atomic mass is 31.2. The van der Waals surface area contributed by atoms with Gasteiger partial charge in [-0.3, -0.25) is 9.32 Å². The van der Waals surface area contributed by atoms with Gasteiger partial charge in [0.25, 0.3) is 0 Å². The Balaban J connectivity index is 3.78. The van der Waals surface area contributed by atoms with Crippen molar-refractivity contribution in [2.75, 3.05) is 6.61 Å². The van der Waals surface area contributed by atoms with E-state index < -0.39 is 26.5 Å². The number of ketones is 1. The van der Waals surface area contributed by atoms with E-state index in [0.29, 0.717) is 0 Å². The Morgan fingerprint density at radius 1 is 0.828 bits per heavy atom. The van der Waals surface area contributed by atoms with Gasteiger partial charge in [-0.25, -0.2) is 4.57 Å². The molecule has 0 bridgehead atoms. The van der Waals surface area contributed by atoms with Crippen LogP contribution in [0.5, 0.6) is 0 Å². The number of hydrogen-bond donors (Lipinski definition) is 2. The Morgan fingerprint density at radius 2 is 1.31 bits per heavy atom. The topological polar surface area (TPSA) is 110 Å². The molecule has 0 heterocycles. The first-order valence-electron chi connectivity index (χ1n) is 11.1. The van der Waals surface area contributed by atoms with Crippen LogP contribution in [-0.4, -0.2) is 34.3 Å². The van der Waals surface area contributed by atoms with Gasteiger partial charge < -0.3 is 19.3 Å². The Labute approximate surface area is 176 Å². The van der Waals surface area contributed by atoms with E-state index in [1.165, 1.54) is 64.7 Å². The van der Waals surface area contributed by atoms with E-state index in [4.69, 9.17) is 14.5 Å². The van der Waals surface area contributed by atoms with Crippen LogP contribution in [0.1, 0.15) is 110 Å². The van der Waals surface area contributed by atoms with Crippen molar-refractivity contribution in [1.29, 1.82) is 0 Å². The van der Waals surface area contributed by atoms with Crippen LogP contribution in [0.4, 0.5) is 0 Å². The van der Waals surface area contributed by atoms with Gasteiger partial charge in [0.2, 0.25) is 0 Å². The summed E-state index contributed by atoms with van der Waals surface area (Å²) in [5.74, 6) is -0.497. The molecular formula is C21H41O7P. The van der Waals surface area contributed by atoms with Crippen LogP contribution in [0.25, 0.3) is 0 Å². The van der Waals surface area contributed by atoms with E-state index in [1.54, 1.807) is 0 Å². The molecule has 0 unspecified atom stereocenters. The van der Waals surface area contributed by atoms with Crippen LogP contribution in [0.2, 0.25) is 0 Å². The summed E-state index contributed by atoms with van der Waals surface area (Å²) in [4.78, 5) is 40.6. The lowest BCUT2D eigenvalue weighted by atomic mass is 10.0. The Bertz CT molecular complexity index is 476. The molecule has 0 aliphatic carbocycles. The first kappa shape index (κ1) is 28.2. The van der Waals surface area contributed by atoms with Crippen LogP contribution in [0, 0.1) is 0 Å². The summed E-state index contributed by atoms with van der Waals surface area (Å²) in [5.41, 5.74) is 0. The smallest absolute Gasteiger partial charge is 0.460 e. The number of esters is 1. The first-order valence-corrected chi connectivity index (χ1v) is 12.7. The average Bonchev–Trinajstić information content (AvgIpc) is 2.64. The van der Waals surface area contributed by atoms with Crippen LogP contribution in [0.15, 0.2) is 0 Å². The molecule has 0 aliphatic rings. The molecule has 0 aromatic rings. The Morgan fingerprint density at radius 3 is 1.76 bits per heavy atom. The quantitative estimate of drug-likeness (QED) is 0.148. The molecule has 0 saturated carbocycles. The lowest BCUT2D eigenvalue weighted by molar-refractivity contribution is -0.151. The van der Waals surface area contributed by atoms with Crippen molar-refractivity contribution in [2.24, 2.45) is 0 Å². The molecule has 0 spiro atoms. The molecule has 0 aromatic heterocycles. The van der Waals surface area contributed by atoms with E-state index in [9.17, 15) is 14.2 Å². The maximum absolute atomic E-state index is 11.9. The molecule has 0 fully saturated rings. The molecule has 0 aliphatic heterocycles. The molecule has 0 saturated heterocycles. The minimum absolute atomic E-state index is 0.0804. The van der Waals surface area contributed by atoms with Gasteiger partial charge in [-0.2, -0.15) is 0 Å². The van der Waals surface area contributed by atoms with E-state index in [0.717, 1.165) is 19.3 Å². The SMILES string of the molecule is CCCCCCCCCCCCCCC(=O)O[C@@H](CCC(C)=O)COP(=O)(O)O. The molecule has 29 heavy (non-hydrogen) atoms. The van der Waals surface area contributed by atoms with Gasteiger partial charge in [0, 0.05) is 12.8 Å². The van der Waals surface area contributed by atoms with Crippen molar-refractivity contribution in [1.82, 2.24) is 0 Å². The molecule has 172 valence electrons. The summed E-state index contributed by atoms with van der Waals surface area (Å²) in [7, 11) is -4.64. The minimum Gasteiger partial charge on any atom is -0.460 e. The summed E-state index contributed by atoms with van der Waals surface area (Å²) < 4.78 is 20.5. The maximum atomic E-state index is 11.9. The van der Waals surface area contributed by atoms with E-state index in [-0.39, 0.29) is 25.0 Å². The zero-order chi connectivity index (χ0) is 22.0. The second-order valence-electron chi connectivity index (χ2n) is 7.78. The third kappa shape index (κ3) is 21.8. The number of Topliss-reactive ketones (excluding diaryl/α,β-unsaturated/α-hetero) is 1. The molecule has 0 rings (SSSR count). The minimum atomic E-state index is -4.64. The van der Waals surface area contributed by atoms with Gasteiger partial charge in [-0.05, 0) is 19.8 Å². The largest absolute Gasteiger partial charge is 0.469 e. The average molecular weight is 437 g/mol. The molecular weight excluding hydrogens is 395 g/mol. The van der Waals surface area contributed by atoms with Crippen LogP contribution in [0.3, 0.4) is 0 Å². The van der Waals surface area contributed by atoms with Crippen molar-refractivity contribution < 1.29 is 33.2 Å². The Hall–Kier alpha value is -0.750. The number of phosphoric acid groups is 1. The standard InChI is InChI=1S/C21H41O7P/c1-3-4-5-6-7-8-9-10-11-12-13-14-15-21(23)28-20(17-16-19(2)22)18-27-29(24,25)26/h20H,3-18H2,1-2H3,(H2,24,25,26)/t20-/m0/s1. The number of ether oxygens (including phenoxy) is 1. The van der Waals surface area contributed by atoms with Gasteiger partial charge >= 0.3 is 13.8 Å². The number of rotatable bonds is 20. The molecule has 0 amide bonds. The molecule has 0 radical (unpaired) electrons. The third-order valence-corrected chi connectivity index (χ3v) is 5.26. The van der Waals surface area contributed by atoms with Crippen molar-refractivity contribution in [3.8, 4) is 0 Å². The first-order chi connectivity index (χ1) is 13.7. The highest BCUT2D eigenvalue weighted by Gasteiger charge is 2.21. The number of carbonyl (C=O) groups is 2. The van der Waals surface area contributed by atoms with Gasteiger partial charge in [-0.1, -0.05) is 77.6 Å². The van der Waals surface area contributed by atoms with Crippen molar-refractivity contribution in [3.05, 3.63) is 0 Å². The number of carbonyl (C=O) groups excluding carboxylic acids is 2. The van der Waals surface area contributed by atoms with Crippen LogP contribution >= 0.6 is 7.82 Å². The summed E-state index contributed by atoms with van der Waals surface area (Å²) in [6, 6.07) is 0. The van der Waals surface area contributed by atoms with Crippen molar-refractivity contribution in [3.63, 3.8) is 0 Å². The summed E-state index contributed by atoms with van der Waals surface area (Å²) in [6.45, 7) is 3.23. The summed E-state index contributed by atoms with van der Waals surface area (Å²) in [6.07, 6.45) is 14.3. The van der Waals surface area contributed by atoms with Gasteiger partial charge in [0.1, 0.15) is 11.9 Å². The zero-order valence-electron chi connectivity index (χ0n) is 18.3. The molecule has 2 N–H and O–H groups in total. The van der Waals surface area contributed by atoms with Gasteiger partial charge in [0.15, 0.2) is 0 Å². The van der Waals surface area contributed by atoms with Crippen LogP contribution < -0.4 is 0 Å². The van der Waals surface area contributed by atoms with E-state index in [1.807, 2.05) is 0 Å². The zero-order valence-corrected chi connectivity index (χ0v) is 19.2. The molecule has 7 nitrogen and oxygen atoms in total. The maximum Gasteiger partial charge on any atom is 0.469 e. The van der Waals surface area contributed by atoms with Gasteiger partial charge in [-0.15, -0.1) is 0 Å². The van der Waals surface area contributed by atoms with Crippen molar-refractivity contribution >= 4 is 19.6 Å². The second-order valence-corrected chi connectivity index (χ2v) is 9.02. The number of hydrogen-bond acceptors (Lipinski definition) is 5. The van der Waals surface area contributed by atoms with Crippen molar-refractivity contribution in [2.45, 2.75) is 116 Å². The van der Waals surface area contributed by atoms with E-state index >= 15 is 0 Å². The Kier molecular flexibility index (Phi) is 17.6. The number of phosphoric ester groups is 1. The lowest BCUT2D eigenvalue weighted by Gasteiger charge is -2.18. The number of unbranched alkanes of at least 4 members (excludes halogenated alkanes) is 11. The molecule has 1 atom stereocenters. The fourth-order valence-corrected chi connectivity index (χ4v) is 3.44. The highest BCUT2D eigenvalue weighted by Crippen LogP contribution is 2.36. The van der Waals surface area contributed by atoms with E-state index in [2.05, 4.69) is 11.4 Å². The van der Waals surface area contributed by atoms with Gasteiger partial charge in [0.05, 0.1) is 6.61 Å². The molecule has 0 aromatic carbocycles. The fourth-order valence-electron chi connectivity index (χ4n) is 3.08. The lowest BCUT2D eigenvalue weighted by Crippen LogP contribution is -2.24. The predicted molar refractivity (Wildman–Crippen MR) is 113 cm³/mol. The highest BCUT2D eigenvalue weighted by molar-refractivity contribution is 7.46. The molecule has 8 heteroatoms. The summed E-state index contributed by atoms with van der Waals surface area (Å²) in [5, 5.41) is 0. The third-order valence-electron chi connectivity index (χ3n) is 4.78. The normalized spacial score (nSPS) is 12.7. The second kappa shape index (κ2) is 18.1. The predicted octanol–water partition coefficient (Wildman–Crippen LogP) is 5.47.